The summed E-state index contributed by atoms with van der Waals surface area (Å²) in [4.78, 5) is 38.9. The number of fused-ring (bicyclic) bond motifs is 1. The van der Waals surface area contributed by atoms with Crippen LogP contribution in [0.4, 0.5) is 0 Å². The number of aromatic amines is 1. The molecule has 1 atom stereocenters. The fourth-order valence-electron chi connectivity index (χ4n) is 6.01. The van der Waals surface area contributed by atoms with Crippen molar-refractivity contribution in [3.05, 3.63) is 62.8 Å². The second kappa shape index (κ2) is 9.80. The minimum absolute atomic E-state index is 0.00468. The molecule has 1 aliphatic carbocycles. The Labute approximate surface area is 196 Å². The number of carbonyl (C=O) groups excluding carboxylic acids is 1. The van der Waals surface area contributed by atoms with E-state index in [1.165, 1.54) is 37.7 Å². The van der Waals surface area contributed by atoms with Gasteiger partial charge in [0.15, 0.2) is 0 Å². The van der Waals surface area contributed by atoms with Crippen molar-refractivity contribution in [2.75, 3.05) is 13.1 Å². The van der Waals surface area contributed by atoms with Gasteiger partial charge in [0.2, 0.25) is 5.91 Å². The summed E-state index contributed by atoms with van der Waals surface area (Å²) in [7, 11) is 0. The van der Waals surface area contributed by atoms with E-state index < -0.39 is 0 Å². The highest BCUT2D eigenvalue weighted by atomic mass is 16.2. The molecule has 1 N–H and O–H groups in total. The van der Waals surface area contributed by atoms with Crippen molar-refractivity contribution >= 4 is 5.91 Å². The Morgan fingerprint density at radius 1 is 1.09 bits per heavy atom. The predicted octanol–water partition coefficient (Wildman–Crippen LogP) is 4.07. The molecule has 6 heteroatoms. The van der Waals surface area contributed by atoms with Crippen LogP contribution in [0.25, 0.3) is 0 Å². The summed E-state index contributed by atoms with van der Waals surface area (Å²) in [6.45, 7) is 4.49. The highest BCUT2D eigenvalue weighted by Gasteiger charge is 2.32. The minimum Gasteiger partial charge on any atom is -0.332 e. The molecular weight excluding hydrogens is 412 g/mol. The lowest BCUT2D eigenvalue weighted by Crippen LogP contribution is -2.44. The van der Waals surface area contributed by atoms with E-state index in [1.807, 2.05) is 17.0 Å². The van der Waals surface area contributed by atoms with Gasteiger partial charge < -0.3 is 9.88 Å². The van der Waals surface area contributed by atoms with Gasteiger partial charge in [-0.3, -0.25) is 14.5 Å². The molecule has 2 fully saturated rings. The lowest BCUT2D eigenvalue weighted by atomic mass is 9.92. The van der Waals surface area contributed by atoms with Crippen molar-refractivity contribution in [1.82, 2.24) is 19.8 Å². The normalized spacial score (nSPS) is 22.2. The Hall–Kier alpha value is -2.47. The molecule has 33 heavy (non-hydrogen) atoms. The summed E-state index contributed by atoms with van der Waals surface area (Å²) >= 11 is 0. The fraction of sp³-hybridized carbons (Fsp3) is 0.593. The maximum absolute atomic E-state index is 13.3. The van der Waals surface area contributed by atoms with Gasteiger partial charge in [-0.1, -0.05) is 49.1 Å². The molecule has 0 spiro atoms. The molecule has 1 saturated carbocycles. The summed E-state index contributed by atoms with van der Waals surface area (Å²) in [6, 6.07) is 8.64. The number of piperidine rings is 1. The number of likely N-dealkylation sites (tertiary alicyclic amines) is 1. The van der Waals surface area contributed by atoms with Gasteiger partial charge >= 0.3 is 0 Å². The van der Waals surface area contributed by atoms with Gasteiger partial charge in [0, 0.05) is 31.2 Å². The Morgan fingerprint density at radius 2 is 1.91 bits per heavy atom. The van der Waals surface area contributed by atoms with Crippen LogP contribution in [0.3, 0.4) is 0 Å². The molecule has 1 aromatic heterocycles. The van der Waals surface area contributed by atoms with Crippen LogP contribution in [0.5, 0.6) is 0 Å². The minimum atomic E-state index is -0.140. The smallest absolute Gasteiger partial charge is 0.254 e. The van der Waals surface area contributed by atoms with E-state index >= 15 is 0 Å². The molecule has 3 aliphatic rings. The zero-order valence-electron chi connectivity index (χ0n) is 19.8. The Kier molecular flexibility index (Phi) is 6.63. The number of aromatic nitrogens is 2. The van der Waals surface area contributed by atoms with Gasteiger partial charge in [-0.05, 0) is 51.0 Å². The van der Waals surface area contributed by atoms with Crippen LogP contribution in [0, 0.1) is 6.92 Å². The second-order valence-corrected chi connectivity index (χ2v) is 10.2. The number of aryl methyl sites for hydroxylation is 1. The van der Waals surface area contributed by atoms with E-state index in [4.69, 9.17) is 4.98 Å². The lowest BCUT2D eigenvalue weighted by molar-refractivity contribution is -0.134. The highest BCUT2D eigenvalue weighted by molar-refractivity contribution is 5.79. The first-order valence-electron chi connectivity index (χ1n) is 12.8. The van der Waals surface area contributed by atoms with E-state index in [0.717, 1.165) is 62.1 Å². The maximum Gasteiger partial charge on any atom is 0.254 e. The van der Waals surface area contributed by atoms with Gasteiger partial charge in [-0.15, -0.1) is 0 Å². The number of nitrogens with one attached hydrogen (secondary N) is 1. The number of nitrogens with zero attached hydrogens (tertiary/aromatic N) is 3. The fourth-order valence-corrected chi connectivity index (χ4v) is 6.01. The average molecular weight is 449 g/mol. The van der Waals surface area contributed by atoms with Crippen LogP contribution in [0.1, 0.15) is 85.6 Å². The quantitative estimate of drug-likeness (QED) is 0.766. The third kappa shape index (κ3) is 4.91. The van der Waals surface area contributed by atoms with Crippen LogP contribution in [0.15, 0.2) is 29.1 Å². The molecule has 6 nitrogen and oxygen atoms in total. The van der Waals surface area contributed by atoms with Gasteiger partial charge in [-0.25, -0.2) is 4.98 Å². The Balaban J connectivity index is 1.37. The Bertz CT molecular complexity index is 1060. The summed E-state index contributed by atoms with van der Waals surface area (Å²) in [5.74, 6) is 0.802. The van der Waals surface area contributed by atoms with E-state index in [2.05, 4.69) is 28.9 Å². The number of hydrogen-bond acceptors (Lipinski definition) is 4. The van der Waals surface area contributed by atoms with E-state index in [9.17, 15) is 9.59 Å². The van der Waals surface area contributed by atoms with Crippen LogP contribution in [-0.2, 0) is 24.2 Å². The molecule has 0 radical (unpaired) electrons. The molecule has 1 saturated heterocycles. The van der Waals surface area contributed by atoms with Crippen molar-refractivity contribution in [2.24, 2.45) is 0 Å². The Morgan fingerprint density at radius 3 is 2.73 bits per heavy atom. The van der Waals surface area contributed by atoms with Gasteiger partial charge in [0.1, 0.15) is 5.82 Å². The zero-order valence-corrected chi connectivity index (χ0v) is 19.8. The maximum atomic E-state index is 13.3. The number of amides is 1. The molecule has 1 aromatic carbocycles. The van der Waals surface area contributed by atoms with E-state index in [1.54, 1.807) is 0 Å². The SMILES string of the molecule is Cc1cccc(CC(=O)N2CCCC[C@H]2c2nc3c(c(=O)[nH]2)CCN(C2CCCCC2)C3)c1. The summed E-state index contributed by atoms with van der Waals surface area (Å²) in [5, 5.41) is 0. The lowest BCUT2D eigenvalue weighted by Gasteiger charge is -2.38. The molecule has 0 bridgehead atoms. The monoisotopic (exact) mass is 448 g/mol. The zero-order chi connectivity index (χ0) is 22.8. The molecule has 176 valence electrons. The number of H-pyrrole nitrogens is 1. The third-order valence-corrected chi connectivity index (χ3v) is 7.79. The first kappa shape index (κ1) is 22.3. The van der Waals surface area contributed by atoms with Crippen molar-refractivity contribution in [3.8, 4) is 0 Å². The molecule has 3 heterocycles. The first-order chi connectivity index (χ1) is 16.1. The number of benzene rings is 1. The molecule has 5 rings (SSSR count). The van der Waals surface area contributed by atoms with Crippen LogP contribution < -0.4 is 5.56 Å². The molecular formula is C27H36N4O2. The third-order valence-electron chi connectivity index (χ3n) is 7.79. The van der Waals surface area contributed by atoms with Crippen molar-refractivity contribution in [2.45, 2.75) is 89.8 Å². The summed E-state index contributed by atoms with van der Waals surface area (Å²) in [6.07, 6.45) is 10.5. The second-order valence-electron chi connectivity index (χ2n) is 10.2. The number of rotatable bonds is 4. The van der Waals surface area contributed by atoms with Crippen molar-refractivity contribution in [3.63, 3.8) is 0 Å². The molecule has 2 aliphatic heterocycles. The molecule has 2 aromatic rings. The molecule has 0 unspecified atom stereocenters. The molecule has 1 amide bonds. The van der Waals surface area contributed by atoms with E-state index in [-0.39, 0.29) is 17.5 Å². The van der Waals surface area contributed by atoms with Gasteiger partial charge in [0.25, 0.3) is 5.56 Å². The predicted molar refractivity (Wildman–Crippen MR) is 129 cm³/mol. The number of carbonyl (C=O) groups is 1. The van der Waals surface area contributed by atoms with E-state index in [0.29, 0.717) is 18.3 Å². The standard InChI is InChI=1S/C27H36N4O2/c1-19-8-7-9-20(16-19)17-25(32)31-14-6-5-12-24(31)26-28-23-18-30(21-10-3-2-4-11-21)15-13-22(23)27(33)29-26/h7-9,16,21,24H,2-6,10-15,17-18H2,1H3,(H,28,29,33)/t24-/m0/s1. The van der Waals surface area contributed by atoms with Crippen LogP contribution in [-0.4, -0.2) is 44.8 Å². The average Bonchev–Trinajstić information content (AvgIpc) is 2.84. The van der Waals surface area contributed by atoms with Crippen LogP contribution in [0.2, 0.25) is 0 Å². The van der Waals surface area contributed by atoms with Gasteiger partial charge in [-0.2, -0.15) is 0 Å². The summed E-state index contributed by atoms with van der Waals surface area (Å²) < 4.78 is 0. The van der Waals surface area contributed by atoms with Gasteiger partial charge in [0.05, 0.1) is 18.2 Å². The van der Waals surface area contributed by atoms with Crippen molar-refractivity contribution in [1.29, 1.82) is 0 Å². The first-order valence-corrected chi connectivity index (χ1v) is 12.8. The topological polar surface area (TPSA) is 69.3 Å². The largest absolute Gasteiger partial charge is 0.332 e. The highest BCUT2D eigenvalue weighted by Crippen LogP contribution is 2.31. The number of hydrogen-bond donors (Lipinski definition) is 1. The summed E-state index contributed by atoms with van der Waals surface area (Å²) in [5.41, 5.74) is 3.98. The van der Waals surface area contributed by atoms with Crippen LogP contribution >= 0.6 is 0 Å². The van der Waals surface area contributed by atoms with Crippen molar-refractivity contribution < 1.29 is 4.79 Å².